The minimum Gasteiger partial charge on any atom is -0.452 e. The van der Waals surface area contributed by atoms with Crippen LogP contribution in [0.5, 0.6) is 11.5 Å². The van der Waals surface area contributed by atoms with E-state index in [0.29, 0.717) is 27.1 Å². The van der Waals surface area contributed by atoms with E-state index in [1.54, 1.807) is 42.5 Å². The van der Waals surface area contributed by atoms with Crippen molar-refractivity contribution in [1.29, 1.82) is 0 Å². The summed E-state index contributed by atoms with van der Waals surface area (Å²) in [6, 6.07) is 29.8. The van der Waals surface area contributed by atoms with Crippen molar-refractivity contribution in [2.24, 2.45) is 0 Å². The van der Waals surface area contributed by atoms with Gasteiger partial charge in [-0.2, -0.15) is 0 Å². The molecule has 0 N–H and O–H groups in total. The van der Waals surface area contributed by atoms with Gasteiger partial charge in [0.05, 0.1) is 11.1 Å². The van der Waals surface area contributed by atoms with Gasteiger partial charge < -0.3 is 9.47 Å². The fourth-order valence-electron chi connectivity index (χ4n) is 3.57. The first-order chi connectivity index (χ1) is 16.1. The number of rotatable bonds is 4. The van der Waals surface area contributed by atoms with E-state index >= 15 is 0 Å². The lowest BCUT2D eigenvalue weighted by atomic mass is 10.0. The highest BCUT2D eigenvalue weighted by atomic mass is 79.9. The zero-order valence-electron chi connectivity index (χ0n) is 17.3. The summed E-state index contributed by atoms with van der Waals surface area (Å²) in [5.41, 5.74) is 3.92. The monoisotopic (exact) mass is 496 g/mol. The van der Waals surface area contributed by atoms with Crippen molar-refractivity contribution in [3.8, 4) is 22.6 Å². The Bertz CT molecular complexity index is 1390. The molecule has 1 aliphatic rings. The van der Waals surface area contributed by atoms with Crippen LogP contribution in [0.3, 0.4) is 0 Å². The van der Waals surface area contributed by atoms with Crippen LogP contribution < -0.4 is 9.47 Å². The van der Waals surface area contributed by atoms with Crippen LogP contribution in [0.25, 0.3) is 17.2 Å². The molecule has 0 unspecified atom stereocenters. The summed E-state index contributed by atoms with van der Waals surface area (Å²) in [7, 11) is 0. The van der Waals surface area contributed by atoms with Crippen molar-refractivity contribution in [1.82, 2.24) is 0 Å². The summed E-state index contributed by atoms with van der Waals surface area (Å²) in [4.78, 5) is 25.2. The number of fused-ring (bicyclic) bond motifs is 1. The molecule has 0 bridgehead atoms. The zero-order valence-corrected chi connectivity index (χ0v) is 18.9. The van der Waals surface area contributed by atoms with Gasteiger partial charge in [-0.25, -0.2) is 4.79 Å². The smallest absolute Gasteiger partial charge is 0.344 e. The van der Waals surface area contributed by atoms with Crippen molar-refractivity contribution >= 4 is 33.8 Å². The van der Waals surface area contributed by atoms with Gasteiger partial charge in [-0.15, -0.1) is 0 Å². The average Bonchev–Trinajstić information content (AvgIpc) is 3.14. The first kappa shape index (κ1) is 20.9. The predicted molar refractivity (Wildman–Crippen MR) is 130 cm³/mol. The fraction of sp³-hybridized carbons (Fsp3) is 0. The Hall–Kier alpha value is -3.96. The van der Waals surface area contributed by atoms with Crippen LogP contribution >= 0.6 is 15.9 Å². The summed E-state index contributed by atoms with van der Waals surface area (Å²) in [5.74, 6) is 0.189. The van der Waals surface area contributed by atoms with Crippen LogP contribution in [-0.2, 0) is 0 Å². The molecule has 0 spiro atoms. The molecule has 1 aliphatic heterocycles. The topological polar surface area (TPSA) is 52.6 Å². The number of ketones is 1. The Kier molecular flexibility index (Phi) is 5.63. The zero-order chi connectivity index (χ0) is 22.8. The van der Waals surface area contributed by atoms with Crippen molar-refractivity contribution < 1.29 is 19.1 Å². The molecule has 4 aromatic carbocycles. The van der Waals surface area contributed by atoms with Gasteiger partial charge in [0.2, 0.25) is 5.78 Å². The van der Waals surface area contributed by atoms with Crippen LogP contribution in [0.4, 0.5) is 0 Å². The molecule has 0 saturated carbocycles. The highest BCUT2D eigenvalue weighted by molar-refractivity contribution is 9.10. The first-order valence-electron chi connectivity index (χ1n) is 10.3. The van der Waals surface area contributed by atoms with Gasteiger partial charge in [0.15, 0.2) is 5.76 Å². The third-order valence-electron chi connectivity index (χ3n) is 5.26. The minimum absolute atomic E-state index is 0.208. The Morgan fingerprint density at radius 2 is 1.52 bits per heavy atom. The van der Waals surface area contributed by atoms with E-state index in [2.05, 4.69) is 28.1 Å². The number of hydrogen-bond donors (Lipinski definition) is 0. The second-order valence-electron chi connectivity index (χ2n) is 7.46. The maximum Gasteiger partial charge on any atom is 0.344 e. The minimum atomic E-state index is -0.499. The molecule has 0 atom stereocenters. The average molecular weight is 497 g/mol. The van der Waals surface area contributed by atoms with Crippen LogP contribution in [0.1, 0.15) is 26.3 Å². The number of carbonyl (C=O) groups excluding carboxylic acids is 2. The number of esters is 1. The number of benzene rings is 4. The molecule has 0 radical (unpaired) electrons. The van der Waals surface area contributed by atoms with Gasteiger partial charge in [0, 0.05) is 10.5 Å². The van der Waals surface area contributed by atoms with E-state index in [9.17, 15) is 9.59 Å². The molecule has 0 aliphatic carbocycles. The number of allylic oxidation sites excluding steroid dienone is 1. The lowest BCUT2D eigenvalue weighted by molar-refractivity contribution is 0.0733. The van der Waals surface area contributed by atoms with Crippen LogP contribution in [0.15, 0.2) is 107 Å². The summed E-state index contributed by atoms with van der Waals surface area (Å²) >= 11 is 3.35. The molecule has 5 rings (SSSR count). The lowest BCUT2D eigenvalue weighted by Gasteiger charge is -2.07. The van der Waals surface area contributed by atoms with Gasteiger partial charge in [-0.1, -0.05) is 66.7 Å². The van der Waals surface area contributed by atoms with Crippen molar-refractivity contribution in [2.45, 2.75) is 0 Å². The normalized spacial score (nSPS) is 13.5. The lowest BCUT2D eigenvalue weighted by Crippen LogP contribution is -2.09. The molecule has 4 aromatic rings. The fourth-order valence-corrected chi connectivity index (χ4v) is 4.02. The van der Waals surface area contributed by atoms with E-state index in [4.69, 9.17) is 9.47 Å². The molecule has 5 heteroatoms. The predicted octanol–water partition coefficient (Wildman–Crippen LogP) is 6.95. The molecule has 33 heavy (non-hydrogen) atoms. The van der Waals surface area contributed by atoms with Crippen molar-refractivity contribution in [3.63, 3.8) is 0 Å². The van der Waals surface area contributed by atoms with E-state index in [-0.39, 0.29) is 11.5 Å². The van der Waals surface area contributed by atoms with Gasteiger partial charge in [-0.3, -0.25) is 4.79 Å². The van der Waals surface area contributed by atoms with E-state index in [1.807, 2.05) is 48.5 Å². The Labute approximate surface area is 199 Å². The molecular weight excluding hydrogens is 480 g/mol. The summed E-state index contributed by atoms with van der Waals surface area (Å²) < 4.78 is 11.9. The number of hydrogen-bond acceptors (Lipinski definition) is 4. The Balaban J connectivity index is 1.34. The summed E-state index contributed by atoms with van der Waals surface area (Å²) in [5, 5.41) is 0. The Morgan fingerprint density at radius 3 is 2.27 bits per heavy atom. The van der Waals surface area contributed by atoms with E-state index < -0.39 is 5.97 Å². The van der Waals surface area contributed by atoms with Crippen LogP contribution in [0.2, 0.25) is 0 Å². The highest BCUT2D eigenvalue weighted by Crippen LogP contribution is 2.35. The number of halogens is 1. The molecule has 0 fully saturated rings. The third kappa shape index (κ3) is 4.36. The van der Waals surface area contributed by atoms with Crippen molar-refractivity contribution in [3.05, 3.63) is 124 Å². The maximum atomic E-state index is 12.8. The standard InChI is InChI=1S/C28H17BrO4/c29-24-9-5-4-8-22(24)28(31)32-21-14-15-23-25(17-21)33-26(27(23)30)16-18-10-12-20(13-11-18)19-6-2-1-3-7-19/h1-17H/b26-16-. The van der Waals surface area contributed by atoms with E-state index in [0.717, 1.165) is 16.7 Å². The highest BCUT2D eigenvalue weighted by Gasteiger charge is 2.28. The van der Waals surface area contributed by atoms with Gasteiger partial charge in [-0.05, 0) is 63.0 Å². The molecule has 4 nitrogen and oxygen atoms in total. The molecule has 1 heterocycles. The van der Waals surface area contributed by atoms with E-state index in [1.165, 1.54) is 0 Å². The molecule has 0 amide bonds. The number of carbonyl (C=O) groups is 2. The van der Waals surface area contributed by atoms with Gasteiger partial charge in [0.1, 0.15) is 11.5 Å². The third-order valence-corrected chi connectivity index (χ3v) is 5.95. The molecule has 0 aromatic heterocycles. The van der Waals surface area contributed by atoms with Gasteiger partial charge >= 0.3 is 5.97 Å². The quantitative estimate of drug-likeness (QED) is 0.174. The maximum absolute atomic E-state index is 12.8. The van der Waals surface area contributed by atoms with Gasteiger partial charge in [0.25, 0.3) is 0 Å². The van der Waals surface area contributed by atoms with Crippen LogP contribution in [-0.4, -0.2) is 11.8 Å². The summed E-state index contributed by atoms with van der Waals surface area (Å²) in [6.07, 6.45) is 1.71. The molecule has 0 saturated heterocycles. The summed E-state index contributed by atoms with van der Waals surface area (Å²) in [6.45, 7) is 0. The van der Waals surface area contributed by atoms with Crippen molar-refractivity contribution in [2.75, 3.05) is 0 Å². The first-order valence-corrected chi connectivity index (χ1v) is 11.1. The largest absolute Gasteiger partial charge is 0.452 e. The van der Waals surface area contributed by atoms with Crippen LogP contribution in [0, 0.1) is 0 Å². The Morgan fingerprint density at radius 1 is 0.818 bits per heavy atom. The second-order valence-corrected chi connectivity index (χ2v) is 8.31. The SMILES string of the molecule is O=C(Oc1ccc2c(c1)O/C(=C\c1ccc(-c3ccccc3)cc1)C2=O)c1ccccc1Br. The molecule has 160 valence electrons. The number of ether oxygens (including phenoxy) is 2. The molecular formula is C28H17BrO4. The number of Topliss-reactive ketones (excluding diaryl/α,β-unsaturated/α-hetero) is 1. The second kappa shape index (κ2) is 8.88.